The van der Waals surface area contributed by atoms with E-state index >= 15 is 0 Å². The molecule has 124 valence electrons. The Kier molecular flexibility index (Phi) is 5.83. The molecule has 0 aliphatic carbocycles. The largest absolute Gasteiger partial charge is 0.368 e. The highest BCUT2D eigenvalue weighted by molar-refractivity contribution is 7.08. The van der Waals surface area contributed by atoms with Gasteiger partial charge < -0.3 is 10.6 Å². The third-order valence-corrected chi connectivity index (χ3v) is 4.61. The molecule has 2 rings (SSSR count). The molecular formula is C19H26N2OS. The van der Waals surface area contributed by atoms with Crippen LogP contribution < -0.4 is 10.6 Å². The van der Waals surface area contributed by atoms with Gasteiger partial charge in [0.05, 0.1) is 5.69 Å². The van der Waals surface area contributed by atoms with E-state index in [4.69, 9.17) is 5.73 Å². The van der Waals surface area contributed by atoms with Crippen molar-refractivity contribution in [1.82, 2.24) is 0 Å². The first-order chi connectivity index (χ1) is 10.9. The van der Waals surface area contributed by atoms with Crippen LogP contribution in [0.2, 0.25) is 0 Å². The average Bonchev–Trinajstić information content (AvgIpc) is 3.00. The first kappa shape index (κ1) is 17.5. The number of benzene rings is 1. The number of anilines is 2. The number of hydrogen-bond acceptors (Lipinski definition) is 3. The minimum Gasteiger partial charge on any atom is -0.368 e. The lowest BCUT2D eigenvalue weighted by molar-refractivity contribution is -0.119. The highest BCUT2D eigenvalue weighted by Crippen LogP contribution is 2.36. The van der Waals surface area contributed by atoms with Gasteiger partial charge in [0.25, 0.3) is 0 Å². The molecule has 1 amide bonds. The fourth-order valence-corrected chi connectivity index (χ4v) is 3.50. The van der Waals surface area contributed by atoms with E-state index in [9.17, 15) is 4.79 Å². The molecule has 3 nitrogen and oxygen atoms in total. The number of carbonyl (C=O) groups is 1. The molecule has 0 bridgehead atoms. The Labute approximate surface area is 143 Å². The van der Waals surface area contributed by atoms with E-state index in [0.717, 1.165) is 17.8 Å². The van der Waals surface area contributed by atoms with Crippen LogP contribution in [0.15, 0.2) is 41.1 Å². The number of thiophene rings is 1. The molecule has 1 aromatic heterocycles. The third-order valence-electron chi connectivity index (χ3n) is 3.94. The fourth-order valence-electron chi connectivity index (χ4n) is 2.87. The summed E-state index contributed by atoms with van der Waals surface area (Å²) in [6.07, 6.45) is 0.734. The van der Waals surface area contributed by atoms with Gasteiger partial charge in [0.2, 0.25) is 5.91 Å². The normalized spacial score (nSPS) is 12.6. The Morgan fingerprint density at radius 2 is 1.87 bits per heavy atom. The molecule has 2 N–H and O–H groups in total. The second-order valence-corrected chi connectivity index (χ2v) is 7.39. The molecule has 0 unspecified atom stereocenters. The van der Waals surface area contributed by atoms with E-state index in [1.54, 1.807) is 11.3 Å². The molecule has 1 atom stereocenters. The van der Waals surface area contributed by atoms with Crippen molar-refractivity contribution >= 4 is 28.6 Å². The number of para-hydroxylation sites is 1. The molecule has 0 aliphatic heterocycles. The van der Waals surface area contributed by atoms with E-state index in [2.05, 4.69) is 56.2 Å². The first-order valence-corrected chi connectivity index (χ1v) is 9.05. The minimum atomic E-state index is -0.343. The molecule has 0 saturated carbocycles. The maximum absolute atomic E-state index is 12.2. The van der Waals surface area contributed by atoms with Gasteiger partial charge in [-0.25, -0.2) is 0 Å². The van der Waals surface area contributed by atoms with E-state index in [1.165, 1.54) is 5.56 Å². The smallest absolute Gasteiger partial charge is 0.240 e. The molecule has 0 fully saturated rings. The number of primary amides is 1. The van der Waals surface area contributed by atoms with Gasteiger partial charge in [0, 0.05) is 11.1 Å². The first-order valence-electron chi connectivity index (χ1n) is 8.11. The lowest BCUT2D eigenvalue weighted by atomic mass is 9.96. The standard InChI is InChI=1S/C19H26N2OS/c1-13(2)11-18(19(20)22)21(15-9-10-23-12-15)17-8-6-5-7-16(17)14(3)4/h5-10,12-14,18H,11H2,1-4H3,(H2,20,22)/t18-/m0/s1. The lowest BCUT2D eigenvalue weighted by Gasteiger charge is -2.34. The van der Waals surface area contributed by atoms with Crippen LogP contribution in [0.4, 0.5) is 11.4 Å². The molecule has 0 saturated heterocycles. The Balaban J connectivity index is 2.57. The van der Waals surface area contributed by atoms with Crippen molar-refractivity contribution < 1.29 is 4.79 Å². The van der Waals surface area contributed by atoms with E-state index < -0.39 is 0 Å². The van der Waals surface area contributed by atoms with Crippen LogP contribution in [0.1, 0.15) is 45.6 Å². The molecule has 23 heavy (non-hydrogen) atoms. The van der Waals surface area contributed by atoms with E-state index in [0.29, 0.717) is 11.8 Å². The number of hydrogen-bond donors (Lipinski definition) is 1. The summed E-state index contributed by atoms with van der Waals surface area (Å²) in [5, 5.41) is 4.11. The Hall–Kier alpha value is -1.81. The Morgan fingerprint density at radius 3 is 2.39 bits per heavy atom. The molecule has 1 aromatic carbocycles. The number of nitrogens with zero attached hydrogens (tertiary/aromatic N) is 1. The van der Waals surface area contributed by atoms with Gasteiger partial charge in [0.1, 0.15) is 6.04 Å². The van der Waals surface area contributed by atoms with Crippen LogP contribution in [-0.4, -0.2) is 11.9 Å². The highest BCUT2D eigenvalue weighted by Gasteiger charge is 2.28. The number of amides is 1. The summed E-state index contributed by atoms with van der Waals surface area (Å²) in [7, 11) is 0. The molecule has 4 heteroatoms. The van der Waals surface area contributed by atoms with Crippen molar-refractivity contribution in [3.05, 3.63) is 46.7 Å². The van der Waals surface area contributed by atoms with Crippen LogP contribution in [0.3, 0.4) is 0 Å². The summed E-state index contributed by atoms with van der Waals surface area (Å²) in [4.78, 5) is 14.3. The minimum absolute atomic E-state index is 0.275. The van der Waals surface area contributed by atoms with Crippen molar-refractivity contribution in [3.63, 3.8) is 0 Å². The van der Waals surface area contributed by atoms with Gasteiger partial charge in [-0.15, -0.1) is 0 Å². The molecular weight excluding hydrogens is 304 g/mol. The number of nitrogens with two attached hydrogens (primary N) is 1. The quantitative estimate of drug-likeness (QED) is 0.784. The maximum atomic E-state index is 12.2. The summed E-state index contributed by atoms with van der Waals surface area (Å²) in [6, 6.07) is 10.00. The van der Waals surface area contributed by atoms with Crippen LogP contribution in [0, 0.1) is 5.92 Å². The Morgan fingerprint density at radius 1 is 1.17 bits per heavy atom. The van der Waals surface area contributed by atoms with Crippen LogP contribution in [0.25, 0.3) is 0 Å². The highest BCUT2D eigenvalue weighted by atomic mass is 32.1. The van der Waals surface area contributed by atoms with Crippen molar-refractivity contribution in [2.45, 2.75) is 46.1 Å². The summed E-state index contributed by atoms with van der Waals surface area (Å²) >= 11 is 1.63. The van der Waals surface area contributed by atoms with Crippen LogP contribution in [-0.2, 0) is 4.79 Å². The predicted molar refractivity (Wildman–Crippen MR) is 99.4 cm³/mol. The van der Waals surface area contributed by atoms with Gasteiger partial charge >= 0.3 is 0 Å². The zero-order valence-corrected chi connectivity index (χ0v) is 15.1. The lowest BCUT2D eigenvalue weighted by Crippen LogP contribution is -2.43. The Bertz CT molecular complexity index is 635. The molecule has 1 heterocycles. The number of carbonyl (C=O) groups excluding carboxylic acids is 1. The fraction of sp³-hybridized carbons (Fsp3) is 0.421. The molecule has 0 aliphatic rings. The van der Waals surface area contributed by atoms with Crippen molar-refractivity contribution in [2.75, 3.05) is 4.90 Å². The van der Waals surface area contributed by atoms with Gasteiger partial charge in [-0.2, -0.15) is 11.3 Å². The second kappa shape index (κ2) is 7.64. The van der Waals surface area contributed by atoms with E-state index in [1.807, 2.05) is 17.5 Å². The van der Waals surface area contributed by atoms with Crippen molar-refractivity contribution in [2.24, 2.45) is 11.7 Å². The van der Waals surface area contributed by atoms with E-state index in [-0.39, 0.29) is 11.9 Å². The maximum Gasteiger partial charge on any atom is 0.240 e. The second-order valence-electron chi connectivity index (χ2n) is 6.61. The third kappa shape index (κ3) is 4.14. The summed E-state index contributed by atoms with van der Waals surface area (Å²) in [5.41, 5.74) is 9.12. The van der Waals surface area contributed by atoms with Gasteiger partial charge in [0.15, 0.2) is 0 Å². The predicted octanol–water partition coefficient (Wildman–Crippen LogP) is 4.91. The zero-order valence-electron chi connectivity index (χ0n) is 14.3. The summed E-state index contributed by atoms with van der Waals surface area (Å²) in [5.74, 6) is 0.489. The average molecular weight is 330 g/mol. The zero-order chi connectivity index (χ0) is 17.0. The molecule has 2 aromatic rings. The van der Waals surface area contributed by atoms with Crippen LogP contribution >= 0.6 is 11.3 Å². The number of rotatable bonds is 7. The summed E-state index contributed by atoms with van der Waals surface area (Å²) in [6.45, 7) is 8.59. The van der Waals surface area contributed by atoms with Crippen molar-refractivity contribution in [1.29, 1.82) is 0 Å². The van der Waals surface area contributed by atoms with Gasteiger partial charge in [-0.05, 0) is 41.3 Å². The summed E-state index contributed by atoms with van der Waals surface area (Å²) < 4.78 is 0. The molecule has 0 spiro atoms. The van der Waals surface area contributed by atoms with Gasteiger partial charge in [-0.3, -0.25) is 4.79 Å². The SMILES string of the molecule is CC(C)C[C@@H](C(N)=O)N(c1ccsc1)c1ccccc1C(C)C. The van der Waals surface area contributed by atoms with Gasteiger partial charge in [-0.1, -0.05) is 45.9 Å². The van der Waals surface area contributed by atoms with Crippen molar-refractivity contribution in [3.8, 4) is 0 Å². The topological polar surface area (TPSA) is 46.3 Å². The van der Waals surface area contributed by atoms with Crippen LogP contribution in [0.5, 0.6) is 0 Å². The molecule has 0 radical (unpaired) electrons. The monoisotopic (exact) mass is 330 g/mol.